The fourth-order valence-corrected chi connectivity index (χ4v) is 4.63. The van der Waals surface area contributed by atoms with Gasteiger partial charge in [-0.25, -0.2) is 0 Å². The molecule has 0 aliphatic carbocycles. The summed E-state index contributed by atoms with van der Waals surface area (Å²) >= 11 is 2.03. The lowest BCUT2D eigenvalue weighted by Gasteiger charge is -2.40. The molecule has 2 saturated heterocycles. The van der Waals surface area contributed by atoms with Crippen LogP contribution in [-0.2, 0) is 11.2 Å². The predicted octanol–water partition coefficient (Wildman–Crippen LogP) is 3.53. The number of halogens is 2. The molecular formula is C16H28Cl2N2OS. The Morgan fingerprint density at radius 3 is 2.50 bits per heavy atom. The Morgan fingerprint density at radius 2 is 1.91 bits per heavy atom. The largest absolute Gasteiger partial charge is 0.381 e. The molecule has 22 heavy (non-hydrogen) atoms. The first-order valence-electron chi connectivity index (χ1n) is 7.99. The van der Waals surface area contributed by atoms with Crippen LogP contribution in [0.4, 0.5) is 0 Å². The molecule has 1 aromatic rings. The summed E-state index contributed by atoms with van der Waals surface area (Å²) in [6.45, 7) is 8.77. The minimum atomic E-state index is 0. The molecule has 6 heteroatoms. The van der Waals surface area contributed by atoms with Gasteiger partial charge in [-0.15, -0.1) is 36.2 Å². The monoisotopic (exact) mass is 366 g/mol. The minimum absolute atomic E-state index is 0. The summed E-state index contributed by atoms with van der Waals surface area (Å²) in [6, 6.07) is 5.33. The normalized spacial score (nSPS) is 21.7. The first-order chi connectivity index (χ1) is 9.88. The minimum Gasteiger partial charge on any atom is -0.381 e. The third-order valence-corrected chi connectivity index (χ3v) is 5.88. The van der Waals surface area contributed by atoms with Crippen LogP contribution in [0.1, 0.15) is 35.6 Å². The molecule has 1 atom stereocenters. The SMILES string of the molecule is CCc1ccc([C@H](C2CCOCC2)N2CCNCC2)s1.Cl.Cl. The number of hydrogen-bond donors (Lipinski definition) is 1. The number of hydrogen-bond acceptors (Lipinski definition) is 4. The predicted molar refractivity (Wildman–Crippen MR) is 98.9 cm³/mol. The first kappa shape index (κ1) is 20.2. The Hall–Kier alpha value is 0.160. The van der Waals surface area contributed by atoms with E-state index in [9.17, 15) is 0 Å². The summed E-state index contributed by atoms with van der Waals surface area (Å²) < 4.78 is 5.57. The van der Waals surface area contributed by atoms with E-state index < -0.39 is 0 Å². The number of nitrogens with one attached hydrogen (secondary N) is 1. The van der Waals surface area contributed by atoms with Crippen LogP contribution in [0.5, 0.6) is 0 Å². The van der Waals surface area contributed by atoms with Crippen LogP contribution in [-0.4, -0.2) is 44.3 Å². The Bertz CT molecular complexity index is 400. The van der Waals surface area contributed by atoms with Gasteiger partial charge in [0.25, 0.3) is 0 Å². The highest BCUT2D eigenvalue weighted by Crippen LogP contribution is 2.38. The van der Waals surface area contributed by atoms with Crippen molar-refractivity contribution in [1.29, 1.82) is 0 Å². The van der Waals surface area contributed by atoms with Gasteiger partial charge in [0.15, 0.2) is 0 Å². The van der Waals surface area contributed by atoms with Gasteiger partial charge in [0, 0.05) is 55.2 Å². The highest BCUT2D eigenvalue weighted by Gasteiger charge is 2.32. The fraction of sp³-hybridized carbons (Fsp3) is 0.750. The molecule has 1 N–H and O–H groups in total. The second-order valence-corrected chi connectivity index (χ2v) is 7.04. The molecule has 0 aromatic carbocycles. The average molecular weight is 367 g/mol. The van der Waals surface area contributed by atoms with E-state index in [4.69, 9.17) is 4.74 Å². The molecular weight excluding hydrogens is 339 g/mol. The van der Waals surface area contributed by atoms with Gasteiger partial charge >= 0.3 is 0 Å². The molecule has 3 rings (SSSR count). The topological polar surface area (TPSA) is 24.5 Å². The maximum atomic E-state index is 5.57. The zero-order valence-electron chi connectivity index (χ0n) is 13.3. The molecule has 0 amide bonds. The molecule has 0 bridgehead atoms. The molecule has 0 unspecified atom stereocenters. The van der Waals surface area contributed by atoms with Crippen molar-refractivity contribution in [3.05, 3.63) is 21.9 Å². The van der Waals surface area contributed by atoms with Crippen molar-refractivity contribution >= 4 is 36.2 Å². The van der Waals surface area contributed by atoms with E-state index in [1.807, 2.05) is 11.3 Å². The van der Waals surface area contributed by atoms with E-state index in [-0.39, 0.29) is 24.8 Å². The molecule has 2 aliphatic rings. The lowest BCUT2D eigenvalue weighted by Crippen LogP contribution is -2.47. The Balaban J connectivity index is 0.00000121. The van der Waals surface area contributed by atoms with Crippen molar-refractivity contribution in [3.63, 3.8) is 0 Å². The first-order valence-corrected chi connectivity index (χ1v) is 8.81. The summed E-state index contributed by atoms with van der Waals surface area (Å²) in [5, 5.41) is 3.48. The van der Waals surface area contributed by atoms with E-state index in [0.29, 0.717) is 6.04 Å². The van der Waals surface area contributed by atoms with Crippen molar-refractivity contribution in [1.82, 2.24) is 10.2 Å². The number of thiophene rings is 1. The molecule has 0 saturated carbocycles. The van der Waals surface area contributed by atoms with Crippen LogP contribution in [0.2, 0.25) is 0 Å². The van der Waals surface area contributed by atoms with Crippen molar-refractivity contribution in [3.8, 4) is 0 Å². The molecule has 128 valence electrons. The van der Waals surface area contributed by atoms with E-state index in [1.165, 1.54) is 30.8 Å². The molecule has 2 fully saturated rings. The summed E-state index contributed by atoms with van der Waals surface area (Å²) in [5.41, 5.74) is 0. The van der Waals surface area contributed by atoms with Crippen molar-refractivity contribution < 1.29 is 4.74 Å². The number of rotatable bonds is 4. The molecule has 3 nitrogen and oxygen atoms in total. The van der Waals surface area contributed by atoms with Gasteiger partial charge in [-0.1, -0.05) is 6.92 Å². The molecule has 1 aromatic heterocycles. The number of aryl methyl sites for hydroxylation is 1. The average Bonchev–Trinajstić information content (AvgIpc) is 2.98. The Morgan fingerprint density at radius 1 is 1.23 bits per heavy atom. The highest BCUT2D eigenvalue weighted by molar-refractivity contribution is 7.12. The van der Waals surface area contributed by atoms with Crippen LogP contribution in [0.3, 0.4) is 0 Å². The van der Waals surface area contributed by atoms with E-state index >= 15 is 0 Å². The van der Waals surface area contributed by atoms with Crippen molar-refractivity contribution in [2.75, 3.05) is 39.4 Å². The standard InChI is InChI=1S/C16H26N2OS.2ClH/c1-2-14-3-4-15(20-14)16(13-5-11-19-12-6-13)18-9-7-17-8-10-18;;/h3-4,13,16-17H,2,5-12H2,1H3;2*1H/t16-;;/m0../s1. The molecule has 0 radical (unpaired) electrons. The van der Waals surface area contributed by atoms with E-state index in [2.05, 4.69) is 29.3 Å². The smallest absolute Gasteiger partial charge is 0.0472 e. The maximum absolute atomic E-state index is 5.57. The summed E-state index contributed by atoms with van der Waals surface area (Å²) in [5.74, 6) is 0.769. The number of nitrogens with zero attached hydrogens (tertiary/aromatic N) is 1. The third kappa shape index (κ3) is 4.83. The Kier molecular flexibility index (Phi) is 9.29. The van der Waals surface area contributed by atoms with Gasteiger partial charge in [0.05, 0.1) is 0 Å². The molecule has 2 aliphatic heterocycles. The zero-order valence-corrected chi connectivity index (χ0v) is 15.7. The van der Waals surface area contributed by atoms with Gasteiger partial charge in [0.2, 0.25) is 0 Å². The zero-order chi connectivity index (χ0) is 13.8. The second kappa shape index (κ2) is 10.1. The third-order valence-electron chi connectivity index (χ3n) is 4.58. The van der Waals surface area contributed by atoms with E-state index in [1.54, 1.807) is 4.88 Å². The summed E-state index contributed by atoms with van der Waals surface area (Å²) in [4.78, 5) is 5.81. The van der Waals surface area contributed by atoms with E-state index in [0.717, 1.165) is 38.6 Å². The summed E-state index contributed by atoms with van der Waals surface area (Å²) in [6.07, 6.45) is 3.59. The fourth-order valence-electron chi connectivity index (χ4n) is 3.45. The van der Waals surface area contributed by atoms with Crippen LogP contribution >= 0.6 is 36.2 Å². The molecule has 0 spiro atoms. The van der Waals surface area contributed by atoms with Crippen LogP contribution in [0.15, 0.2) is 12.1 Å². The summed E-state index contributed by atoms with van der Waals surface area (Å²) in [7, 11) is 0. The highest BCUT2D eigenvalue weighted by atomic mass is 35.5. The van der Waals surface area contributed by atoms with Gasteiger partial charge in [-0.05, 0) is 37.3 Å². The number of ether oxygens (including phenoxy) is 1. The van der Waals surface area contributed by atoms with Crippen LogP contribution < -0.4 is 5.32 Å². The van der Waals surface area contributed by atoms with Crippen LogP contribution in [0.25, 0.3) is 0 Å². The van der Waals surface area contributed by atoms with Crippen molar-refractivity contribution in [2.45, 2.75) is 32.2 Å². The maximum Gasteiger partial charge on any atom is 0.0472 e. The lowest BCUT2D eigenvalue weighted by molar-refractivity contribution is 0.0223. The van der Waals surface area contributed by atoms with Gasteiger partial charge < -0.3 is 10.1 Å². The van der Waals surface area contributed by atoms with Crippen molar-refractivity contribution in [2.24, 2.45) is 5.92 Å². The lowest BCUT2D eigenvalue weighted by atomic mass is 9.89. The van der Waals surface area contributed by atoms with Gasteiger partial charge in [-0.2, -0.15) is 0 Å². The van der Waals surface area contributed by atoms with Gasteiger partial charge in [0.1, 0.15) is 0 Å². The van der Waals surface area contributed by atoms with Gasteiger partial charge in [-0.3, -0.25) is 4.90 Å². The quantitative estimate of drug-likeness (QED) is 0.881. The second-order valence-electron chi connectivity index (χ2n) is 5.84. The Labute approximate surface area is 150 Å². The van der Waals surface area contributed by atoms with Crippen LogP contribution in [0, 0.1) is 5.92 Å². The molecule has 3 heterocycles. The number of piperazine rings is 1.